The van der Waals surface area contributed by atoms with E-state index >= 15 is 0 Å². The lowest BCUT2D eigenvalue weighted by atomic mass is 10.2. The summed E-state index contributed by atoms with van der Waals surface area (Å²) in [7, 11) is 1.64. The number of rotatable bonds is 6. The van der Waals surface area contributed by atoms with Crippen LogP contribution in [0.5, 0.6) is 5.75 Å². The molecule has 0 heterocycles. The van der Waals surface area contributed by atoms with Gasteiger partial charge in [-0.1, -0.05) is 30.3 Å². The van der Waals surface area contributed by atoms with Crippen molar-refractivity contribution in [2.75, 3.05) is 12.9 Å². The lowest BCUT2D eigenvalue weighted by Crippen LogP contribution is -2.24. The highest BCUT2D eigenvalue weighted by Crippen LogP contribution is 2.21. The monoisotopic (exact) mass is 301 g/mol. The van der Waals surface area contributed by atoms with Gasteiger partial charge in [0.05, 0.1) is 12.9 Å². The summed E-state index contributed by atoms with van der Waals surface area (Å²) in [5.41, 5.74) is 2.23. The van der Waals surface area contributed by atoms with Crippen molar-refractivity contribution < 1.29 is 9.53 Å². The van der Waals surface area contributed by atoms with Crippen molar-refractivity contribution >= 4 is 17.7 Å². The van der Waals surface area contributed by atoms with Gasteiger partial charge >= 0.3 is 0 Å². The number of benzene rings is 2. The quantitative estimate of drug-likeness (QED) is 0.831. The van der Waals surface area contributed by atoms with Gasteiger partial charge < -0.3 is 10.1 Å². The smallest absolute Gasteiger partial charge is 0.230 e. The first kappa shape index (κ1) is 15.4. The minimum absolute atomic E-state index is 0.0334. The molecule has 0 saturated heterocycles. The normalized spacial score (nSPS) is 10.2. The molecule has 0 fully saturated rings. The summed E-state index contributed by atoms with van der Waals surface area (Å²) in [5.74, 6) is 1.26. The predicted molar refractivity (Wildman–Crippen MR) is 86.7 cm³/mol. The van der Waals surface area contributed by atoms with Gasteiger partial charge in [-0.2, -0.15) is 0 Å². The van der Waals surface area contributed by atoms with Gasteiger partial charge in [0.15, 0.2) is 0 Å². The number of aryl methyl sites for hydroxylation is 1. The molecule has 110 valence electrons. The maximum Gasteiger partial charge on any atom is 0.230 e. The van der Waals surface area contributed by atoms with E-state index in [1.54, 1.807) is 18.9 Å². The predicted octanol–water partition coefficient (Wildman–Crippen LogP) is 3.41. The Morgan fingerprint density at radius 2 is 2.00 bits per heavy atom. The number of carbonyl (C=O) groups is 1. The molecular weight excluding hydrogens is 282 g/mol. The third-order valence-corrected chi connectivity index (χ3v) is 4.25. The van der Waals surface area contributed by atoms with E-state index < -0.39 is 0 Å². The van der Waals surface area contributed by atoms with E-state index in [0.717, 1.165) is 16.2 Å². The van der Waals surface area contributed by atoms with E-state index in [9.17, 15) is 4.79 Å². The van der Waals surface area contributed by atoms with Crippen LogP contribution < -0.4 is 10.1 Å². The molecular formula is C17H19NO2S. The molecule has 1 N–H and O–H groups in total. The number of ether oxygens (including phenoxy) is 1. The van der Waals surface area contributed by atoms with E-state index in [1.165, 1.54) is 5.56 Å². The molecule has 2 aromatic carbocycles. The number of amides is 1. The average Bonchev–Trinajstić information content (AvgIpc) is 2.52. The maximum absolute atomic E-state index is 11.9. The minimum Gasteiger partial charge on any atom is -0.497 e. The Hall–Kier alpha value is -1.94. The van der Waals surface area contributed by atoms with Gasteiger partial charge in [-0.15, -0.1) is 11.8 Å². The third kappa shape index (κ3) is 4.83. The molecule has 3 nitrogen and oxygen atoms in total. The standard InChI is InChI=1S/C17H19NO2S/c1-13-6-3-4-9-16(13)21-12-17(19)18-11-14-7-5-8-15(10-14)20-2/h3-10H,11-12H2,1-2H3,(H,18,19). The topological polar surface area (TPSA) is 38.3 Å². The van der Waals surface area contributed by atoms with E-state index in [1.807, 2.05) is 42.5 Å². The third-order valence-electron chi connectivity index (χ3n) is 3.08. The number of thioether (sulfide) groups is 1. The molecule has 21 heavy (non-hydrogen) atoms. The summed E-state index contributed by atoms with van der Waals surface area (Å²) in [6, 6.07) is 15.8. The molecule has 0 bridgehead atoms. The van der Waals surface area contributed by atoms with Crippen LogP contribution in [0.2, 0.25) is 0 Å². The van der Waals surface area contributed by atoms with Gasteiger partial charge in [-0.25, -0.2) is 0 Å². The molecule has 0 saturated carbocycles. The van der Waals surface area contributed by atoms with Gasteiger partial charge in [0.1, 0.15) is 5.75 Å². The van der Waals surface area contributed by atoms with Crippen molar-refractivity contribution in [1.29, 1.82) is 0 Å². The van der Waals surface area contributed by atoms with Crippen LogP contribution in [0.4, 0.5) is 0 Å². The molecule has 0 aliphatic carbocycles. The summed E-state index contributed by atoms with van der Waals surface area (Å²) in [6.45, 7) is 2.57. The molecule has 0 aliphatic heterocycles. The first-order valence-corrected chi connectivity index (χ1v) is 7.75. The lowest BCUT2D eigenvalue weighted by Gasteiger charge is -2.08. The average molecular weight is 301 g/mol. The highest BCUT2D eigenvalue weighted by molar-refractivity contribution is 8.00. The van der Waals surface area contributed by atoms with Gasteiger partial charge in [-0.05, 0) is 36.2 Å². The van der Waals surface area contributed by atoms with E-state index in [2.05, 4.69) is 18.3 Å². The highest BCUT2D eigenvalue weighted by Gasteiger charge is 2.05. The van der Waals surface area contributed by atoms with Crippen LogP contribution in [0.1, 0.15) is 11.1 Å². The molecule has 0 aliphatic rings. The van der Waals surface area contributed by atoms with Crippen LogP contribution >= 0.6 is 11.8 Å². The lowest BCUT2D eigenvalue weighted by molar-refractivity contribution is -0.118. The Morgan fingerprint density at radius 3 is 2.76 bits per heavy atom. The Balaban J connectivity index is 1.81. The molecule has 2 rings (SSSR count). The molecule has 0 spiro atoms. The van der Waals surface area contributed by atoms with Crippen LogP contribution in [-0.4, -0.2) is 18.8 Å². The van der Waals surface area contributed by atoms with Crippen LogP contribution in [0.3, 0.4) is 0 Å². The fraction of sp³-hybridized carbons (Fsp3) is 0.235. The van der Waals surface area contributed by atoms with Gasteiger partial charge in [-0.3, -0.25) is 4.79 Å². The summed E-state index contributed by atoms with van der Waals surface area (Å²) in [5, 5.41) is 2.92. The molecule has 0 aromatic heterocycles. The number of methoxy groups -OCH3 is 1. The first-order valence-electron chi connectivity index (χ1n) is 6.77. The summed E-state index contributed by atoms with van der Waals surface area (Å²) < 4.78 is 5.16. The molecule has 1 amide bonds. The fourth-order valence-corrected chi connectivity index (χ4v) is 2.75. The Kier molecular flexibility index (Phi) is 5.69. The number of carbonyl (C=O) groups excluding carboxylic acids is 1. The zero-order chi connectivity index (χ0) is 15.1. The SMILES string of the molecule is COc1cccc(CNC(=O)CSc2ccccc2C)c1. The first-order chi connectivity index (χ1) is 10.2. The van der Waals surface area contributed by atoms with Gasteiger partial charge in [0, 0.05) is 11.4 Å². The van der Waals surface area contributed by atoms with Crippen molar-refractivity contribution in [1.82, 2.24) is 5.32 Å². The molecule has 0 unspecified atom stereocenters. The van der Waals surface area contributed by atoms with Crippen molar-refractivity contribution in [3.63, 3.8) is 0 Å². The molecule has 2 aromatic rings. The van der Waals surface area contributed by atoms with Gasteiger partial charge in [0.2, 0.25) is 5.91 Å². The zero-order valence-corrected chi connectivity index (χ0v) is 13.1. The Bertz CT molecular complexity index is 613. The minimum atomic E-state index is 0.0334. The summed E-state index contributed by atoms with van der Waals surface area (Å²) >= 11 is 1.56. The fourth-order valence-electron chi connectivity index (χ4n) is 1.90. The molecule has 0 radical (unpaired) electrons. The summed E-state index contributed by atoms with van der Waals surface area (Å²) in [4.78, 5) is 13.0. The maximum atomic E-state index is 11.9. The number of hydrogen-bond donors (Lipinski definition) is 1. The second-order valence-electron chi connectivity index (χ2n) is 4.68. The Morgan fingerprint density at radius 1 is 1.19 bits per heavy atom. The van der Waals surface area contributed by atoms with E-state index in [0.29, 0.717) is 12.3 Å². The molecule has 4 heteroatoms. The number of hydrogen-bond acceptors (Lipinski definition) is 3. The van der Waals surface area contributed by atoms with E-state index in [4.69, 9.17) is 4.74 Å². The van der Waals surface area contributed by atoms with Crippen molar-refractivity contribution in [2.45, 2.75) is 18.4 Å². The number of nitrogens with one attached hydrogen (secondary N) is 1. The van der Waals surface area contributed by atoms with Crippen LogP contribution in [0.15, 0.2) is 53.4 Å². The highest BCUT2D eigenvalue weighted by atomic mass is 32.2. The van der Waals surface area contributed by atoms with Crippen LogP contribution in [0, 0.1) is 6.92 Å². The van der Waals surface area contributed by atoms with Crippen LogP contribution in [-0.2, 0) is 11.3 Å². The second kappa shape index (κ2) is 7.74. The van der Waals surface area contributed by atoms with Crippen molar-refractivity contribution in [3.05, 3.63) is 59.7 Å². The van der Waals surface area contributed by atoms with E-state index in [-0.39, 0.29) is 5.91 Å². The largest absolute Gasteiger partial charge is 0.497 e. The zero-order valence-electron chi connectivity index (χ0n) is 12.3. The second-order valence-corrected chi connectivity index (χ2v) is 5.70. The van der Waals surface area contributed by atoms with Gasteiger partial charge in [0.25, 0.3) is 0 Å². The molecule has 0 atom stereocenters. The summed E-state index contributed by atoms with van der Waals surface area (Å²) in [6.07, 6.45) is 0. The van der Waals surface area contributed by atoms with Crippen LogP contribution in [0.25, 0.3) is 0 Å². The van der Waals surface area contributed by atoms with Crippen molar-refractivity contribution in [2.24, 2.45) is 0 Å². The Labute approximate surface area is 129 Å². The van der Waals surface area contributed by atoms with Crippen molar-refractivity contribution in [3.8, 4) is 5.75 Å².